The lowest BCUT2D eigenvalue weighted by Gasteiger charge is -2.20. The zero-order chi connectivity index (χ0) is 11.5. The summed E-state index contributed by atoms with van der Waals surface area (Å²) >= 11 is 4.66. The minimum atomic E-state index is -0.278. The van der Waals surface area contributed by atoms with Crippen LogP contribution in [0.3, 0.4) is 0 Å². The van der Waals surface area contributed by atoms with Crippen molar-refractivity contribution in [2.24, 2.45) is 10.8 Å². The van der Waals surface area contributed by atoms with Crippen molar-refractivity contribution in [2.75, 3.05) is 11.9 Å². The molecule has 0 aromatic heterocycles. The molecule has 6 heteroatoms. The molecule has 4 nitrogen and oxygen atoms in total. The molecule has 0 fully saturated rings. The maximum atomic E-state index is 13.5. The first-order valence-corrected chi connectivity index (χ1v) is 5.24. The summed E-state index contributed by atoms with van der Waals surface area (Å²) in [5.41, 5.74) is 9.79. The Morgan fingerprint density at radius 3 is 3.12 bits per heavy atom. The van der Waals surface area contributed by atoms with E-state index in [0.717, 1.165) is 11.3 Å². The summed E-state index contributed by atoms with van der Waals surface area (Å²) in [5.74, 6) is -0.278. The Kier molecular flexibility index (Phi) is 3.00. The van der Waals surface area contributed by atoms with Gasteiger partial charge < -0.3 is 11.1 Å². The van der Waals surface area contributed by atoms with E-state index in [1.807, 2.05) is 6.07 Å². The molecule has 0 radical (unpaired) electrons. The quantitative estimate of drug-likeness (QED) is 0.508. The van der Waals surface area contributed by atoms with Gasteiger partial charge in [0.05, 0.1) is 11.4 Å². The molecule has 0 spiro atoms. The van der Waals surface area contributed by atoms with Gasteiger partial charge in [0, 0.05) is 18.5 Å². The number of thiocarbonyl (C=S) groups is 1. The van der Waals surface area contributed by atoms with Gasteiger partial charge >= 0.3 is 0 Å². The van der Waals surface area contributed by atoms with E-state index in [4.69, 9.17) is 5.73 Å². The van der Waals surface area contributed by atoms with Gasteiger partial charge in [-0.15, -0.1) is 0 Å². The van der Waals surface area contributed by atoms with E-state index in [-0.39, 0.29) is 10.9 Å². The van der Waals surface area contributed by atoms with Crippen molar-refractivity contribution < 1.29 is 4.39 Å². The maximum Gasteiger partial charge on any atom is 0.184 e. The standard InChI is InChI=1S/C10H11FN4S/c11-7-3-1-2-6-8(14-15-10(12)16)4-5-13-9(6)7/h1-3,13H,4-5H2,(H3,12,15,16). The van der Waals surface area contributed by atoms with Gasteiger partial charge in [-0.1, -0.05) is 12.1 Å². The molecular weight excluding hydrogens is 227 g/mol. The van der Waals surface area contributed by atoms with Crippen molar-refractivity contribution in [1.82, 2.24) is 5.43 Å². The van der Waals surface area contributed by atoms with Gasteiger partial charge in [0.15, 0.2) is 5.11 Å². The van der Waals surface area contributed by atoms with Crippen LogP contribution in [0, 0.1) is 5.82 Å². The molecular formula is C10H11FN4S. The number of nitrogens with two attached hydrogens (primary N) is 1. The fourth-order valence-corrected chi connectivity index (χ4v) is 1.67. The molecule has 0 atom stereocenters. The van der Waals surface area contributed by atoms with E-state index >= 15 is 0 Å². The zero-order valence-corrected chi connectivity index (χ0v) is 9.27. The zero-order valence-electron chi connectivity index (χ0n) is 8.46. The van der Waals surface area contributed by atoms with Gasteiger partial charge in [0.1, 0.15) is 5.82 Å². The Bertz CT molecular complexity index is 458. The fourth-order valence-electron chi connectivity index (χ4n) is 1.62. The SMILES string of the molecule is NC(=S)NN=C1CCNc2c(F)cccc21. The molecule has 0 aliphatic carbocycles. The molecule has 84 valence electrons. The number of fused-ring (bicyclic) bond motifs is 1. The highest BCUT2D eigenvalue weighted by atomic mass is 32.1. The van der Waals surface area contributed by atoms with E-state index < -0.39 is 0 Å². The Balaban J connectivity index is 2.37. The van der Waals surface area contributed by atoms with Crippen LogP contribution >= 0.6 is 12.2 Å². The highest BCUT2D eigenvalue weighted by molar-refractivity contribution is 7.80. The molecule has 1 aliphatic rings. The first kappa shape index (κ1) is 10.8. The van der Waals surface area contributed by atoms with E-state index in [1.54, 1.807) is 6.07 Å². The van der Waals surface area contributed by atoms with Crippen LogP contribution in [0.25, 0.3) is 0 Å². The molecule has 0 unspecified atom stereocenters. The lowest BCUT2D eigenvalue weighted by atomic mass is 10.0. The molecule has 1 aromatic rings. The second kappa shape index (κ2) is 4.44. The predicted molar refractivity (Wildman–Crippen MR) is 66.0 cm³/mol. The van der Waals surface area contributed by atoms with Crippen LogP contribution in [0.1, 0.15) is 12.0 Å². The number of para-hydroxylation sites is 1. The molecule has 0 amide bonds. The first-order valence-electron chi connectivity index (χ1n) is 4.83. The average molecular weight is 238 g/mol. The number of anilines is 1. The van der Waals surface area contributed by atoms with Gasteiger partial charge in [-0.2, -0.15) is 5.10 Å². The van der Waals surface area contributed by atoms with Crippen molar-refractivity contribution in [3.05, 3.63) is 29.6 Å². The normalized spacial score (nSPS) is 16.4. The lowest BCUT2D eigenvalue weighted by Crippen LogP contribution is -2.28. The minimum absolute atomic E-state index is 0.101. The van der Waals surface area contributed by atoms with Crippen LogP contribution in [0.15, 0.2) is 23.3 Å². The second-order valence-electron chi connectivity index (χ2n) is 3.37. The van der Waals surface area contributed by atoms with E-state index in [2.05, 4.69) is 28.1 Å². The number of benzene rings is 1. The Hall–Kier alpha value is -1.69. The van der Waals surface area contributed by atoms with E-state index in [0.29, 0.717) is 18.7 Å². The molecule has 1 aliphatic heterocycles. The molecule has 16 heavy (non-hydrogen) atoms. The van der Waals surface area contributed by atoms with Crippen LogP contribution in [-0.2, 0) is 0 Å². The van der Waals surface area contributed by atoms with Crippen molar-refractivity contribution in [2.45, 2.75) is 6.42 Å². The number of rotatable bonds is 1. The summed E-state index contributed by atoms with van der Waals surface area (Å²) in [5, 5.41) is 7.16. The summed E-state index contributed by atoms with van der Waals surface area (Å²) in [6.07, 6.45) is 0.700. The fraction of sp³-hybridized carbons (Fsp3) is 0.200. The van der Waals surface area contributed by atoms with Crippen LogP contribution in [0.4, 0.5) is 10.1 Å². The molecule has 4 N–H and O–H groups in total. The largest absolute Gasteiger partial charge is 0.382 e. The number of hydrazone groups is 1. The van der Waals surface area contributed by atoms with Gasteiger partial charge in [0.2, 0.25) is 0 Å². The van der Waals surface area contributed by atoms with Crippen LogP contribution in [0.2, 0.25) is 0 Å². The summed E-state index contributed by atoms with van der Waals surface area (Å²) in [6.45, 7) is 0.645. The minimum Gasteiger partial charge on any atom is -0.382 e. The number of hydrogen-bond acceptors (Lipinski definition) is 3. The smallest absolute Gasteiger partial charge is 0.184 e. The number of nitrogens with zero attached hydrogens (tertiary/aromatic N) is 1. The summed E-state index contributed by atoms with van der Waals surface area (Å²) in [4.78, 5) is 0. The number of nitrogens with one attached hydrogen (secondary N) is 2. The van der Waals surface area contributed by atoms with Crippen molar-refractivity contribution in [3.8, 4) is 0 Å². The second-order valence-corrected chi connectivity index (χ2v) is 3.81. The highest BCUT2D eigenvalue weighted by Gasteiger charge is 2.17. The summed E-state index contributed by atoms with van der Waals surface area (Å²) in [6, 6.07) is 4.87. The topological polar surface area (TPSA) is 62.4 Å². The summed E-state index contributed by atoms with van der Waals surface area (Å²) in [7, 11) is 0. The highest BCUT2D eigenvalue weighted by Crippen LogP contribution is 2.24. The monoisotopic (exact) mass is 238 g/mol. The molecule has 0 saturated carbocycles. The Morgan fingerprint density at radius 2 is 2.38 bits per heavy atom. The van der Waals surface area contributed by atoms with Gasteiger partial charge in [-0.25, -0.2) is 4.39 Å². The predicted octanol–water partition coefficient (Wildman–Crippen LogP) is 1.18. The van der Waals surface area contributed by atoms with Crippen molar-refractivity contribution in [3.63, 3.8) is 0 Å². The van der Waals surface area contributed by atoms with Crippen molar-refractivity contribution >= 4 is 28.7 Å². The first-order chi connectivity index (χ1) is 7.68. The average Bonchev–Trinajstić information content (AvgIpc) is 2.27. The Labute approximate surface area is 97.7 Å². The van der Waals surface area contributed by atoms with Gasteiger partial charge in [-0.05, 0) is 18.3 Å². The number of halogens is 1. The van der Waals surface area contributed by atoms with Gasteiger partial charge in [0.25, 0.3) is 0 Å². The van der Waals surface area contributed by atoms with Crippen LogP contribution in [0.5, 0.6) is 0 Å². The Morgan fingerprint density at radius 1 is 1.56 bits per heavy atom. The van der Waals surface area contributed by atoms with Crippen molar-refractivity contribution in [1.29, 1.82) is 0 Å². The number of hydrogen-bond donors (Lipinski definition) is 3. The lowest BCUT2D eigenvalue weighted by molar-refractivity contribution is 0.629. The summed E-state index contributed by atoms with van der Waals surface area (Å²) < 4.78 is 13.5. The molecule has 0 bridgehead atoms. The molecule has 2 rings (SSSR count). The maximum absolute atomic E-state index is 13.5. The van der Waals surface area contributed by atoms with Crippen LogP contribution < -0.4 is 16.5 Å². The molecule has 1 heterocycles. The van der Waals surface area contributed by atoms with E-state index in [9.17, 15) is 4.39 Å². The van der Waals surface area contributed by atoms with Crippen LogP contribution in [-0.4, -0.2) is 17.4 Å². The third-order valence-corrected chi connectivity index (χ3v) is 2.38. The van der Waals surface area contributed by atoms with E-state index in [1.165, 1.54) is 6.07 Å². The van der Waals surface area contributed by atoms with Gasteiger partial charge in [-0.3, -0.25) is 5.43 Å². The molecule has 1 aromatic carbocycles. The molecule has 0 saturated heterocycles. The third-order valence-electron chi connectivity index (χ3n) is 2.29. The third kappa shape index (κ3) is 2.11.